The fourth-order valence-corrected chi connectivity index (χ4v) is 3.22. The highest BCUT2D eigenvalue weighted by Gasteiger charge is 2.24. The van der Waals surface area contributed by atoms with Gasteiger partial charge in [-0.15, -0.1) is 0 Å². The Morgan fingerprint density at radius 1 is 1.00 bits per heavy atom. The maximum absolute atomic E-state index is 12.2. The van der Waals surface area contributed by atoms with Crippen molar-refractivity contribution in [2.75, 3.05) is 32.8 Å². The molecule has 2 amide bonds. The summed E-state index contributed by atoms with van der Waals surface area (Å²) in [5, 5.41) is 0. The Morgan fingerprint density at radius 3 is 2.32 bits per heavy atom. The molecule has 25 heavy (non-hydrogen) atoms. The number of rotatable bonds is 3. The van der Waals surface area contributed by atoms with Crippen molar-refractivity contribution in [3.63, 3.8) is 0 Å². The number of carbonyl (C=O) groups excluding carboxylic acids is 2. The molecule has 1 heterocycles. The summed E-state index contributed by atoms with van der Waals surface area (Å²) in [5.74, 6) is 5.41. The van der Waals surface area contributed by atoms with E-state index in [9.17, 15) is 9.59 Å². The van der Waals surface area contributed by atoms with Crippen LogP contribution in [0.1, 0.15) is 31.2 Å². The third kappa shape index (κ3) is 5.07. The first-order chi connectivity index (χ1) is 12.2. The van der Waals surface area contributed by atoms with Crippen LogP contribution in [0.25, 0.3) is 0 Å². The molecule has 0 radical (unpaired) electrons. The van der Waals surface area contributed by atoms with Crippen molar-refractivity contribution in [1.29, 1.82) is 0 Å². The van der Waals surface area contributed by atoms with Gasteiger partial charge < -0.3 is 14.5 Å². The van der Waals surface area contributed by atoms with E-state index in [4.69, 9.17) is 4.74 Å². The van der Waals surface area contributed by atoms with E-state index in [1.807, 2.05) is 30.3 Å². The summed E-state index contributed by atoms with van der Waals surface area (Å²) < 4.78 is 5.69. The van der Waals surface area contributed by atoms with E-state index < -0.39 is 0 Å². The molecule has 0 unspecified atom stereocenters. The Hall–Kier alpha value is -2.32. The van der Waals surface area contributed by atoms with Crippen LogP contribution >= 0.6 is 0 Å². The lowest BCUT2D eigenvalue weighted by Crippen LogP contribution is -2.51. The molecule has 0 atom stereocenters. The van der Waals surface area contributed by atoms with E-state index in [1.165, 1.54) is 12.8 Å². The highest BCUT2D eigenvalue weighted by molar-refractivity contribution is 5.94. The number of ether oxygens (including phenoxy) is 1. The summed E-state index contributed by atoms with van der Waals surface area (Å²) in [7, 11) is 0. The van der Waals surface area contributed by atoms with Crippen molar-refractivity contribution in [3.05, 3.63) is 35.9 Å². The number of benzene rings is 1. The molecule has 5 nitrogen and oxygen atoms in total. The van der Waals surface area contributed by atoms with E-state index in [-0.39, 0.29) is 24.5 Å². The quantitative estimate of drug-likeness (QED) is 0.787. The number of hydrogen-bond donors (Lipinski definition) is 0. The number of carbonyl (C=O) groups is 2. The fourth-order valence-electron chi connectivity index (χ4n) is 3.22. The van der Waals surface area contributed by atoms with Gasteiger partial charge in [0.1, 0.15) is 6.61 Å². The van der Waals surface area contributed by atoms with Crippen molar-refractivity contribution < 1.29 is 14.3 Å². The van der Waals surface area contributed by atoms with Crippen LogP contribution in [0.3, 0.4) is 0 Å². The minimum Gasteiger partial charge on any atom is -0.368 e. The predicted molar refractivity (Wildman–Crippen MR) is 94.7 cm³/mol. The second-order valence-corrected chi connectivity index (χ2v) is 6.51. The van der Waals surface area contributed by atoms with Gasteiger partial charge in [0.05, 0.1) is 6.10 Å². The van der Waals surface area contributed by atoms with Crippen molar-refractivity contribution in [3.8, 4) is 11.8 Å². The first-order valence-electron chi connectivity index (χ1n) is 8.98. The van der Waals surface area contributed by atoms with Crippen LogP contribution in [0.4, 0.5) is 0 Å². The predicted octanol–water partition coefficient (Wildman–Crippen LogP) is 1.67. The average Bonchev–Trinajstić information content (AvgIpc) is 3.19. The van der Waals surface area contributed by atoms with Crippen molar-refractivity contribution in [2.24, 2.45) is 0 Å². The summed E-state index contributed by atoms with van der Waals surface area (Å²) in [6.45, 7) is 2.30. The number of nitrogens with zero attached hydrogens (tertiary/aromatic N) is 2. The van der Waals surface area contributed by atoms with Crippen molar-refractivity contribution >= 4 is 11.8 Å². The van der Waals surface area contributed by atoms with Crippen LogP contribution in [0.15, 0.2) is 30.3 Å². The van der Waals surface area contributed by atoms with Crippen LogP contribution in [0, 0.1) is 11.8 Å². The van der Waals surface area contributed by atoms with Crippen LogP contribution < -0.4 is 0 Å². The zero-order valence-electron chi connectivity index (χ0n) is 14.4. The molecule has 1 aliphatic carbocycles. The van der Waals surface area contributed by atoms with E-state index in [1.54, 1.807) is 9.80 Å². The summed E-state index contributed by atoms with van der Waals surface area (Å²) >= 11 is 0. The first kappa shape index (κ1) is 17.5. The molecule has 1 aromatic rings. The van der Waals surface area contributed by atoms with Gasteiger partial charge in [-0.05, 0) is 25.0 Å². The number of amides is 2. The van der Waals surface area contributed by atoms with Gasteiger partial charge in [-0.2, -0.15) is 0 Å². The maximum Gasteiger partial charge on any atom is 0.298 e. The fraction of sp³-hybridized carbons (Fsp3) is 0.500. The Balaban J connectivity index is 1.42. The molecule has 1 saturated heterocycles. The second-order valence-electron chi connectivity index (χ2n) is 6.51. The van der Waals surface area contributed by atoms with Gasteiger partial charge in [0, 0.05) is 37.7 Å². The van der Waals surface area contributed by atoms with Crippen molar-refractivity contribution in [1.82, 2.24) is 9.80 Å². The van der Waals surface area contributed by atoms with E-state index in [0.717, 1.165) is 18.4 Å². The molecule has 0 aromatic heterocycles. The van der Waals surface area contributed by atoms with E-state index in [2.05, 4.69) is 11.8 Å². The average molecular weight is 340 g/mol. The molecule has 1 saturated carbocycles. The standard InChI is InChI=1S/C20H24N2O3/c23-19(11-10-17-6-2-1-3-7-17)21-12-14-22(15-13-21)20(24)16-25-18-8-4-5-9-18/h1-3,6-7,18H,4-5,8-9,12-16H2. The lowest BCUT2D eigenvalue weighted by molar-refractivity contribution is -0.142. The normalized spacial score (nSPS) is 17.9. The number of piperazine rings is 1. The second kappa shape index (κ2) is 8.68. The third-order valence-corrected chi connectivity index (χ3v) is 4.75. The summed E-state index contributed by atoms with van der Waals surface area (Å²) in [6, 6.07) is 9.46. The lowest BCUT2D eigenvalue weighted by Gasteiger charge is -2.33. The molecule has 0 bridgehead atoms. The molecule has 0 N–H and O–H groups in total. The molecule has 3 rings (SSSR count). The minimum absolute atomic E-state index is 0.0226. The largest absolute Gasteiger partial charge is 0.368 e. The van der Waals surface area contributed by atoms with Gasteiger partial charge in [0.25, 0.3) is 5.91 Å². The van der Waals surface area contributed by atoms with Gasteiger partial charge in [-0.1, -0.05) is 37.0 Å². The highest BCUT2D eigenvalue weighted by Crippen LogP contribution is 2.20. The molecular weight excluding hydrogens is 316 g/mol. The van der Waals surface area contributed by atoms with E-state index >= 15 is 0 Å². The van der Waals surface area contributed by atoms with Gasteiger partial charge in [0.2, 0.25) is 5.91 Å². The Labute approximate surface area is 148 Å². The van der Waals surface area contributed by atoms with Crippen LogP contribution in [-0.2, 0) is 14.3 Å². The zero-order valence-corrected chi connectivity index (χ0v) is 14.4. The Morgan fingerprint density at radius 2 is 1.64 bits per heavy atom. The summed E-state index contributed by atoms with van der Waals surface area (Å²) in [6.07, 6.45) is 4.78. The van der Waals surface area contributed by atoms with Crippen LogP contribution in [0.5, 0.6) is 0 Å². The lowest BCUT2D eigenvalue weighted by atomic mass is 10.2. The number of hydrogen-bond acceptors (Lipinski definition) is 3. The Bertz CT molecular complexity index is 649. The van der Waals surface area contributed by atoms with Crippen LogP contribution in [0.2, 0.25) is 0 Å². The van der Waals surface area contributed by atoms with Gasteiger partial charge in [-0.25, -0.2) is 0 Å². The zero-order chi connectivity index (χ0) is 17.5. The molecule has 0 spiro atoms. The minimum atomic E-state index is -0.182. The molecule has 5 heteroatoms. The first-order valence-corrected chi connectivity index (χ1v) is 8.98. The smallest absolute Gasteiger partial charge is 0.298 e. The molecule has 2 fully saturated rings. The van der Waals surface area contributed by atoms with E-state index in [0.29, 0.717) is 26.2 Å². The highest BCUT2D eigenvalue weighted by atomic mass is 16.5. The van der Waals surface area contributed by atoms with Gasteiger partial charge >= 0.3 is 0 Å². The summed E-state index contributed by atoms with van der Waals surface area (Å²) in [5.41, 5.74) is 0.828. The molecule has 1 aromatic carbocycles. The monoisotopic (exact) mass is 340 g/mol. The SMILES string of the molecule is O=C(C#Cc1ccccc1)N1CCN(C(=O)COC2CCCC2)CC1. The van der Waals surface area contributed by atoms with Gasteiger partial charge in [0.15, 0.2) is 0 Å². The topological polar surface area (TPSA) is 49.9 Å². The maximum atomic E-state index is 12.2. The molecule has 2 aliphatic rings. The molecule has 132 valence electrons. The van der Waals surface area contributed by atoms with Crippen LogP contribution in [-0.4, -0.2) is 60.5 Å². The van der Waals surface area contributed by atoms with Crippen molar-refractivity contribution in [2.45, 2.75) is 31.8 Å². The van der Waals surface area contributed by atoms with Gasteiger partial charge in [-0.3, -0.25) is 9.59 Å². The summed E-state index contributed by atoms with van der Waals surface area (Å²) in [4.78, 5) is 27.9. The molecular formula is C20H24N2O3. The molecule has 1 aliphatic heterocycles. The third-order valence-electron chi connectivity index (χ3n) is 4.75. The Kier molecular flexibility index (Phi) is 6.08.